The third-order valence-corrected chi connectivity index (χ3v) is 1.35. The number of nitrogens with zero attached hydrogens (tertiary/aromatic N) is 1. The van der Waals surface area contributed by atoms with E-state index in [1.807, 2.05) is 0 Å². The van der Waals surface area contributed by atoms with Gasteiger partial charge in [0, 0.05) is 6.20 Å². The first-order valence-corrected chi connectivity index (χ1v) is 3.35. The lowest BCUT2D eigenvalue weighted by molar-refractivity contribution is 0.0696. The van der Waals surface area contributed by atoms with Crippen LogP contribution in [0, 0.1) is 12.3 Å². The van der Waals surface area contributed by atoms with Gasteiger partial charge in [0.25, 0.3) is 0 Å². The molecule has 1 N–H and O–H groups in total. The monoisotopic (exact) mass is 161 g/mol. The maximum Gasteiger partial charge on any atom is 0.337 e. The highest BCUT2D eigenvalue weighted by molar-refractivity contribution is 5.87. The van der Waals surface area contributed by atoms with Crippen LogP contribution in [0.25, 0.3) is 0 Å². The summed E-state index contributed by atoms with van der Waals surface area (Å²) in [5.41, 5.74) is 0.887. The highest BCUT2D eigenvalue weighted by atomic mass is 16.4. The van der Waals surface area contributed by atoms with Gasteiger partial charge in [-0.2, -0.15) is 0 Å². The van der Waals surface area contributed by atoms with Gasteiger partial charge in [0.2, 0.25) is 0 Å². The Morgan fingerprint density at radius 1 is 1.67 bits per heavy atom. The molecule has 0 aliphatic heterocycles. The lowest BCUT2D eigenvalue weighted by Crippen LogP contribution is -1.98. The fourth-order valence-corrected chi connectivity index (χ4v) is 0.760. The molecule has 0 fully saturated rings. The van der Waals surface area contributed by atoms with Gasteiger partial charge < -0.3 is 5.11 Å². The van der Waals surface area contributed by atoms with Crippen molar-refractivity contribution in [3.8, 4) is 12.3 Å². The van der Waals surface area contributed by atoms with Crippen molar-refractivity contribution < 1.29 is 9.90 Å². The highest BCUT2D eigenvalue weighted by Crippen LogP contribution is 2.00. The van der Waals surface area contributed by atoms with E-state index in [0.29, 0.717) is 12.1 Å². The SMILES string of the molecule is C#CCc1ccc(C(=O)O)cn1. The lowest BCUT2D eigenvalue weighted by Gasteiger charge is -1.95. The Balaban J connectivity index is 2.87. The molecule has 60 valence electrons. The second-order valence-corrected chi connectivity index (χ2v) is 2.22. The van der Waals surface area contributed by atoms with Crippen LogP contribution in [0.2, 0.25) is 0 Å². The number of carboxylic acid groups (broad SMARTS) is 1. The lowest BCUT2D eigenvalue weighted by atomic mass is 10.2. The Morgan fingerprint density at radius 3 is 2.83 bits per heavy atom. The quantitative estimate of drug-likeness (QED) is 0.657. The molecule has 3 nitrogen and oxygen atoms in total. The maximum atomic E-state index is 10.4. The minimum Gasteiger partial charge on any atom is -0.478 e. The van der Waals surface area contributed by atoms with E-state index in [1.165, 1.54) is 12.3 Å². The molecule has 12 heavy (non-hydrogen) atoms. The van der Waals surface area contributed by atoms with Gasteiger partial charge in [-0.15, -0.1) is 12.3 Å². The van der Waals surface area contributed by atoms with Crippen LogP contribution in [0.3, 0.4) is 0 Å². The Kier molecular flexibility index (Phi) is 2.44. The van der Waals surface area contributed by atoms with Crippen molar-refractivity contribution in [3.63, 3.8) is 0 Å². The number of hydrogen-bond acceptors (Lipinski definition) is 2. The van der Waals surface area contributed by atoms with Crippen molar-refractivity contribution in [2.24, 2.45) is 0 Å². The fourth-order valence-electron chi connectivity index (χ4n) is 0.760. The summed E-state index contributed by atoms with van der Waals surface area (Å²) in [6.45, 7) is 0. The molecule has 0 amide bonds. The first-order chi connectivity index (χ1) is 5.74. The largest absolute Gasteiger partial charge is 0.478 e. The molecule has 0 radical (unpaired) electrons. The third-order valence-electron chi connectivity index (χ3n) is 1.35. The van der Waals surface area contributed by atoms with E-state index in [4.69, 9.17) is 11.5 Å². The Morgan fingerprint density at radius 2 is 2.42 bits per heavy atom. The average molecular weight is 161 g/mol. The number of pyridine rings is 1. The van der Waals surface area contributed by atoms with E-state index < -0.39 is 5.97 Å². The topological polar surface area (TPSA) is 50.2 Å². The smallest absolute Gasteiger partial charge is 0.337 e. The van der Waals surface area contributed by atoms with Gasteiger partial charge in [-0.25, -0.2) is 4.79 Å². The number of aromatic carboxylic acids is 1. The molecule has 0 aliphatic rings. The molecule has 1 aromatic heterocycles. The van der Waals surface area contributed by atoms with E-state index in [2.05, 4.69) is 10.9 Å². The minimum atomic E-state index is -0.977. The second kappa shape index (κ2) is 3.54. The first kappa shape index (κ1) is 8.28. The predicted molar refractivity (Wildman–Crippen MR) is 43.7 cm³/mol. The van der Waals surface area contributed by atoms with Crippen molar-refractivity contribution in [1.82, 2.24) is 4.98 Å². The first-order valence-electron chi connectivity index (χ1n) is 3.35. The molecular weight excluding hydrogens is 154 g/mol. The van der Waals surface area contributed by atoms with Crippen LogP contribution in [-0.4, -0.2) is 16.1 Å². The molecule has 1 heterocycles. The average Bonchev–Trinajstić information content (AvgIpc) is 2.06. The number of carbonyl (C=O) groups is 1. The van der Waals surface area contributed by atoms with Crippen molar-refractivity contribution in [1.29, 1.82) is 0 Å². The van der Waals surface area contributed by atoms with Crippen LogP contribution in [0.15, 0.2) is 18.3 Å². The van der Waals surface area contributed by atoms with Gasteiger partial charge in [0.15, 0.2) is 0 Å². The molecule has 0 atom stereocenters. The van der Waals surface area contributed by atoms with E-state index in [-0.39, 0.29) is 5.56 Å². The van der Waals surface area contributed by atoms with Gasteiger partial charge in [0.05, 0.1) is 17.7 Å². The molecule has 1 aromatic rings. The van der Waals surface area contributed by atoms with Crippen LogP contribution in [0.1, 0.15) is 16.1 Å². The summed E-state index contributed by atoms with van der Waals surface area (Å²) in [6, 6.07) is 3.10. The number of carboxylic acids is 1. The van der Waals surface area contributed by atoms with Crippen LogP contribution < -0.4 is 0 Å². The second-order valence-electron chi connectivity index (χ2n) is 2.22. The number of rotatable bonds is 2. The molecule has 0 saturated carbocycles. The standard InChI is InChI=1S/C9H7NO2/c1-2-3-8-5-4-7(6-10-8)9(11)12/h1,4-6H,3H2,(H,11,12). The number of hydrogen-bond donors (Lipinski definition) is 1. The zero-order valence-corrected chi connectivity index (χ0v) is 6.32. The van der Waals surface area contributed by atoms with E-state index in [0.717, 1.165) is 0 Å². The molecule has 0 spiro atoms. The molecule has 0 bridgehead atoms. The van der Waals surface area contributed by atoms with E-state index in [1.54, 1.807) is 6.07 Å². The molecule has 0 saturated heterocycles. The van der Waals surface area contributed by atoms with Crippen molar-refractivity contribution in [3.05, 3.63) is 29.6 Å². The van der Waals surface area contributed by atoms with Crippen LogP contribution >= 0.6 is 0 Å². The van der Waals surface area contributed by atoms with Crippen LogP contribution in [0.4, 0.5) is 0 Å². The summed E-state index contributed by atoms with van der Waals surface area (Å²) in [7, 11) is 0. The van der Waals surface area contributed by atoms with Crippen molar-refractivity contribution in [2.45, 2.75) is 6.42 Å². The minimum absolute atomic E-state index is 0.177. The zero-order valence-electron chi connectivity index (χ0n) is 6.32. The molecule has 1 rings (SSSR count). The Hall–Kier alpha value is -1.82. The van der Waals surface area contributed by atoms with Crippen LogP contribution in [0.5, 0.6) is 0 Å². The molecule has 0 aliphatic carbocycles. The van der Waals surface area contributed by atoms with Gasteiger partial charge in [-0.3, -0.25) is 4.98 Å². The molecule has 3 heteroatoms. The summed E-state index contributed by atoms with van der Waals surface area (Å²) in [6.07, 6.45) is 6.78. The van der Waals surface area contributed by atoms with Crippen LogP contribution in [-0.2, 0) is 6.42 Å². The summed E-state index contributed by atoms with van der Waals surface area (Å²) in [4.78, 5) is 14.3. The summed E-state index contributed by atoms with van der Waals surface area (Å²) in [5.74, 6) is 1.45. The Labute approximate surface area is 70.1 Å². The third kappa shape index (κ3) is 1.83. The number of terminal acetylenes is 1. The highest BCUT2D eigenvalue weighted by Gasteiger charge is 2.01. The molecule has 0 unspecified atom stereocenters. The number of aromatic nitrogens is 1. The van der Waals surface area contributed by atoms with Gasteiger partial charge in [-0.1, -0.05) is 0 Å². The molecular formula is C9H7NO2. The summed E-state index contributed by atoms with van der Waals surface area (Å²) in [5, 5.41) is 8.53. The zero-order chi connectivity index (χ0) is 8.97. The van der Waals surface area contributed by atoms with E-state index >= 15 is 0 Å². The maximum absolute atomic E-state index is 10.4. The van der Waals surface area contributed by atoms with Gasteiger partial charge >= 0.3 is 5.97 Å². The normalized spacial score (nSPS) is 8.92. The summed E-state index contributed by atoms with van der Waals surface area (Å²) < 4.78 is 0. The van der Waals surface area contributed by atoms with Gasteiger partial charge in [-0.05, 0) is 12.1 Å². The predicted octanol–water partition coefficient (Wildman–Crippen LogP) is 0.956. The molecule has 0 aromatic carbocycles. The van der Waals surface area contributed by atoms with Crippen molar-refractivity contribution in [2.75, 3.05) is 0 Å². The Bertz CT molecular complexity index is 321. The fraction of sp³-hybridized carbons (Fsp3) is 0.111. The van der Waals surface area contributed by atoms with Gasteiger partial charge in [0.1, 0.15) is 0 Å². The van der Waals surface area contributed by atoms with Crippen molar-refractivity contribution >= 4 is 5.97 Å². The summed E-state index contributed by atoms with van der Waals surface area (Å²) >= 11 is 0. The van der Waals surface area contributed by atoms with E-state index in [9.17, 15) is 4.79 Å².